The Morgan fingerprint density at radius 3 is 2.48 bits per heavy atom. The molecule has 0 radical (unpaired) electrons. The number of aromatic nitrogens is 1. The highest BCUT2D eigenvalue weighted by molar-refractivity contribution is 7.89. The Bertz CT molecular complexity index is 805. The van der Waals surface area contributed by atoms with E-state index in [0.717, 1.165) is 11.1 Å². The first-order chi connectivity index (χ1) is 10.8. The average Bonchev–Trinajstić information content (AvgIpc) is 2.55. The maximum Gasteiger partial charge on any atom is 0.254 e. The van der Waals surface area contributed by atoms with E-state index in [1.807, 2.05) is 12.1 Å². The maximum atomic E-state index is 12.6. The lowest BCUT2D eigenvalue weighted by Crippen LogP contribution is -2.27. The molecule has 0 aliphatic carbocycles. The smallest absolute Gasteiger partial charge is 0.254 e. The third kappa shape index (κ3) is 3.94. The number of hydrogen-bond donors (Lipinski definition) is 1. The van der Waals surface area contributed by atoms with Crippen molar-refractivity contribution in [2.24, 2.45) is 0 Å². The molecule has 0 unspecified atom stereocenters. The fourth-order valence-corrected chi connectivity index (χ4v) is 2.91. The second-order valence-corrected chi connectivity index (χ2v) is 7.09. The summed E-state index contributed by atoms with van der Waals surface area (Å²) in [5.74, 6) is -0.229. The largest absolute Gasteiger partial charge is 0.337 e. The van der Waals surface area contributed by atoms with Crippen LogP contribution in [0.3, 0.4) is 0 Å². The third-order valence-electron chi connectivity index (χ3n) is 3.53. The van der Waals surface area contributed by atoms with Gasteiger partial charge in [0.2, 0.25) is 10.0 Å². The number of aryl methyl sites for hydroxylation is 1. The molecular formula is C16H19N3O3S. The topological polar surface area (TPSA) is 79.4 Å². The molecule has 0 bridgehead atoms. The molecule has 1 heterocycles. The number of sulfonamides is 1. The summed E-state index contributed by atoms with van der Waals surface area (Å²) in [5.41, 5.74) is 2.05. The molecule has 1 aromatic carbocycles. The van der Waals surface area contributed by atoms with Crippen molar-refractivity contribution in [1.82, 2.24) is 14.6 Å². The molecule has 6 nitrogen and oxygen atoms in total. The summed E-state index contributed by atoms with van der Waals surface area (Å²) in [6.45, 7) is 2.20. The van der Waals surface area contributed by atoms with Crippen LogP contribution in [0.15, 0.2) is 47.6 Å². The van der Waals surface area contributed by atoms with E-state index in [-0.39, 0.29) is 10.8 Å². The van der Waals surface area contributed by atoms with Crippen LogP contribution in [0.1, 0.15) is 21.5 Å². The van der Waals surface area contributed by atoms with E-state index in [2.05, 4.69) is 9.71 Å². The fourth-order valence-electron chi connectivity index (χ4n) is 2.16. The summed E-state index contributed by atoms with van der Waals surface area (Å²) in [6, 6.07) is 8.20. The highest BCUT2D eigenvalue weighted by Crippen LogP contribution is 2.17. The van der Waals surface area contributed by atoms with Gasteiger partial charge in [0.15, 0.2) is 0 Å². The Balaban J connectivity index is 2.30. The summed E-state index contributed by atoms with van der Waals surface area (Å²) < 4.78 is 26.1. The Hall–Kier alpha value is -2.25. The molecule has 2 aromatic rings. The Morgan fingerprint density at radius 1 is 1.22 bits per heavy atom. The van der Waals surface area contributed by atoms with E-state index in [1.165, 1.54) is 19.2 Å². The normalized spacial score (nSPS) is 11.3. The number of pyridine rings is 1. The summed E-state index contributed by atoms with van der Waals surface area (Å²) in [7, 11) is -0.563. The van der Waals surface area contributed by atoms with Crippen molar-refractivity contribution in [3.05, 3.63) is 59.4 Å². The van der Waals surface area contributed by atoms with Gasteiger partial charge in [-0.05, 0) is 49.4 Å². The molecule has 23 heavy (non-hydrogen) atoms. The number of amides is 1. The van der Waals surface area contributed by atoms with Crippen LogP contribution in [-0.4, -0.2) is 38.3 Å². The van der Waals surface area contributed by atoms with Gasteiger partial charge in [-0.1, -0.05) is 6.07 Å². The molecular weight excluding hydrogens is 314 g/mol. The van der Waals surface area contributed by atoms with E-state index >= 15 is 0 Å². The van der Waals surface area contributed by atoms with Crippen molar-refractivity contribution in [2.45, 2.75) is 18.4 Å². The lowest BCUT2D eigenvalue weighted by Gasteiger charge is -2.19. The van der Waals surface area contributed by atoms with Crippen LogP contribution in [0.25, 0.3) is 0 Å². The number of carbonyl (C=O) groups excluding carboxylic acids is 1. The van der Waals surface area contributed by atoms with Crippen molar-refractivity contribution in [3.8, 4) is 0 Å². The first-order valence-corrected chi connectivity index (χ1v) is 8.52. The molecule has 1 aromatic heterocycles. The number of nitrogens with zero attached hydrogens (tertiary/aromatic N) is 2. The van der Waals surface area contributed by atoms with Gasteiger partial charge in [0.05, 0.1) is 4.90 Å². The van der Waals surface area contributed by atoms with Gasteiger partial charge in [-0.3, -0.25) is 9.78 Å². The van der Waals surface area contributed by atoms with E-state index in [1.54, 1.807) is 37.3 Å². The molecule has 7 heteroatoms. The molecule has 0 saturated carbocycles. The lowest BCUT2D eigenvalue weighted by atomic mass is 10.1. The predicted octanol–water partition coefficient (Wildman–Crippen LogP) is 1.57. The predicted molar refractivity (Wildman–Crippen MR) is 87.5 cm³/mol. The zero-order valence-corrected chi connectivity index (χ0v) is 14.1. The third-order valence-corrected chi connectivity index (χ3v) is 4.95. The van der Waals surface area contributed by atoms with Gasteiger partial charge in [-0.25, -0.2) is 13.1 Å². The highest BCUT2D eigenvalue weighted by atomic mass is 32.2. The molecule has 0 saturated heterocycles. The Labute approximate surface area is 136 Å². The van der Waals surface area contributed by atoms with Crippen LogP contribution in [0.4, 0.5) is 0 Å². The summed E-state index contributed by atoms with van der Waals surface area (Å²) in [6.07, 6.45) is 3.33. The monoisotopic (exact) mass is 333 g/mol. The molecule has 122 valence electrons. The Morgan fingerprint density at radius 2 is 1.87 bits per heavy atom. The van der Waals surface area contributed by atoms with Crippen LogP contribution >= 0.6 is 0 Å². The Kier molecular flexibility index (Phi) is 5.12. The lowest BCUT2D eigenvalue weighted by molar-refractivity contribution is 0.0784. The number of benzene rings is 1. The number of nitrogens with one attached hydrogen (secondary N) is 1. The van der Waals surface area contributed by atoms with E-state index < -0.39 is 10.0 Å². The van der Waals surface area contributed by atoms with Crippen LogP contribution in [0.5, 0.6) is 0 Å². The van der Waals surface area contributed by atoms with E-state index in [0.29, 0.717) is 12.1 Å². The van der Waals surface area contributed by atoms with Crippen LogP contribution < -0.4 is 4.72 Å². The summed E-state index contributed by atoms with van der Waals surface area (Å²) in [5, 5.41) is 0. The molecule has 0 atom stereocenters. The van der Waals surface area contributed by atoms with Gasteiger partial charge in [0.1, 0.15) is 0 Å². The SMILES string of the molecule is CNS(=O)(=O)c1ccc(C)c(C(=O)N(C)Cc2ccncc2)c1. The molecule has 0 aliphatic heterocycles. The van der Waals surface area contributed by atoms with Gasteiger partial charge in [-0.2, -0.15) is 0 Å². The quantitative estimate of drug-likeness (QED) is 0.901. The van der Waals surface area contributed by atoms with Gasteiger partial charge in [0.25, 0.3) is 5.91 Å². The maximum absolute atomic E-state index is 12.6. The molecule has 0 fully saturated rings. The van der Waals surface area contributed by atoms with E-state index in [4.69, 9.17) is 0 Å². The van der Waals surface area contributed by atoms with Gasteiger partial charge in [-0.15, -0.1) is 0 Å². The minimum atomic E-state index is -3.58. The van der Waals surface area contributed by atoms with Crippen molar-refractivity contribution in [2.75, 3.05) is 14.1 Å². The van der Waals surface area contributed by atoms with Gasteiger partial charge >= 0.3 is 0 Å². The standard InChI is InChI=1S/C16H19N3O3S/c1-12-4-5-14(23(21,22)17-2)10-15(12)16(20)19(3)11-13-6-8-18-9-7-13/h4-10,17H,11H2,1-3H3. The number of rotatable bonds is 5. The molecule has 0 spiro atoms. The van der Waals surface area contributed by atoms with Crippen molar-refractivity contribution < 1.29 is 13.2 Å². The van der Waals surface area contributed by atoms with Crippen LogP contribution in [-0.2, 0) is 16.6 Å². The second kappa shape index (κ2) is 6.89. The second-order valence-electron chi connectivity index (χ2n) is 5.20. The summed E-state index contributed by atoms with van der Waals surface area (Å²) in [4.78, 5) is 18.2. The van der Waals surface area contributed by atoms with Crippen LogP contribution in [0.2, 0.25) is 0 Å². The van der Waals surface area contributed by atoms with Crippen molar-refractivity contribution >= 4 is 15.9 Å². The molecule has 0 aliphatic rings. The minimum absolute atomic E-state index is 0.0752. The average molecular weight is 333 g/mol. The summed E-state index contributed by atoms with van der Waals surface area (Å²) >= 11 is 0. The van der Waals surface area contributed by atoms with Crippen LogP contribution in [0, 0.1) is 6.92 Å². The first-order valence-electron chi connectivity index (χ1n) is 7.03. The minimum Gasteiger partial charge on any atom is -0.337 e. The van der Waals surface area contributed by atoms with E-state index in [9.17, 15) is 13.2 Å². The zero-order valence-electron chi connectivity index (χ0n) is 13.3. The molecule has 1 N–H and O–H groups in total. The first kappa shape index (κ1) is 17.1. The van der Waals surface area contributed by atoms with Gasteiger partial charge < -0.3 is 4.90 Å². The highest BCUT2D eigenvalue weighted by Gasteiger charge is 2.19. The molecule has 1 amide bonds. The van der Waals surface area contributed by atoms with Crippen molar-refractivity contribution in [1.29, 1.82) is 0 Å². The zero-order chi connectivity index (χ0) is 17.0. The van der Waals surface area contributed by atoms with Crippen molar-refractivity contribution in [3.63, 3.8) is 0 Å². The molecule has 2 rings (SSSR count). The van der Waals surface area contributed by atoms with Gasteiger partial charge in [0, 0.05) is 31.5 Å². The number of hydrogen-bond acceptors (Lipinski definition) is 4. The number of carbonyl (C=O) groups is 1. The fraction of sp³-hybridized carbons (Fsp3) is 0.250.